The van der Waals surface area contributed by atoms with Gasteiger partial charge in [-0.15, -0.1) is 0 Å². The first kappa shape index (κ1) is 33.9. The molecule has 0 amide bonds. The molecule has 0 saturated carbocycles. The zero-order valence-corrected chi connectivity index (χ0v) is 26.7. The lowest BCUT2D eigenvalue weighted by molar-refractivity contribution is 0.473. The van der Waals surface area contributed by atoms with Gasteiger partial charge in [-0.05, 0) is 60.0 Å². The molecule has 5 aromatic carbocycles. The Bertz CT molecular complexity index is 2600. The van der Waals surface area contributed by atoms with E-state index in [0.29, 0.717) is 11.1 Å². The normalized spacial score (nSPS) is 12.1. The van der Waals surface area contributed by atoms with Crippen LogP contribution in [-0.4, -0.2) is 49.0 Å². The van der Waals surface area contributed by atoms with E-state index in [-0.39, 0.29) is 27.5 Å². The number of benzene rings is 5. The second-order valence-corrected chi connectivity index (χ2v) is 14.5. The van der Waals surface area contributed by atoms with Crippen LogP contribution in [0.1, 0.15) is 0 Å². The van der Waals surface area contributed by atoms with Gasteiger partial charge < -0.3 is 27.7 Å². The van der Waals surface area contributed by atoms with Crippen molar-refractivity contribution in [1.29, 1.82) is 0 Å². The number of hydrogen-bond acceptors (Lipinski definition) is 13. The topological polar surface area (TPSA) is 298 Å². The summed E-state index contributed by atoms with van der Waals surface area (Å²) in [5.41, 5.74) is 23.2. The number of pyridine rings is 1. The number of nitrogens with one attached hydrogen (secondary N) is 2. The van der Waals surface area contributed by atoms with Crippen molar-refractivity contribution in [2.24, 2.45) is 0 Å². The van der Waals surface area contributed by atoms with E-state index in [1.165, 1.54) is 18.2 Å². The fourth-order valence-corrected chi connectivity index (χ4v) is 6.61. The Labute approximate surface area is 273 Å². The summed E-state index contributed by atoms with van der Waals surface area (Å²) in [6.45, 7) is 0. The van der Waals surface area contributed by atoms with Crippen molar-refractivity contribution < 1.29 is 44.0 Å². The molecule has 0 aliphatic rings. The third-order valence-corrected chi connectivity index (χ3v) is 9.65. The van der Waals surface area contributed by atoms with Crippen molar-refractivity contribution in [2.75, 3.05) is 28.1 Å². The number of para-hydroxylation sites is 1. The Morgan fingerprint density at radius 2 is 1.27 bits per heavy atom. The summed E-state index contributed by atoms with van der Waals surface area (Å²) in [5, 5.41) is 12.1. The molecule has 0 fully saturated rings. The molecule has 6 aromatic rings. The van der Waals surface area contributed by atoms with Gasteiger partial charge in [0.25, 0.3) is 30.4 Å². The Morgan fingerprint density at radius 3 is 1.94 bits per heavy atom. The summed E-state index contributed by atoms with van der Waals surface area (Å²) >= 11 is 0. The van der Waals surface area contributed by atoms with Crippen LogP contribution in [0.25, 0.3) is 32.4 Å². The number of rotatable bonds is 6. The first-order valence-corrected chi connectivity index (χ1v) is 17.6. The van der Waals surface area contributed by atoms with Crippen molar-refractivity contribution >= 4 is 91.2 Å². The third-order valence-electron chi connectivity index (χ3n) is 7.02. The van der Waals surface area contributed by atoms with Crippen molar-refractivity contribution in [3.63, 3.8) is 0 Å². The molecule has 0 atom stereocenters. The lowest BCUT2D eigenvalue weighted by atomic mass is 10.1. The molecule has 250 valence electrons. The Morgan fingerprint density at radius 1 is 0.604 bits per heavy atom. The van der Waals surface area contributed by atoms with Gasteiger partial charge in [-0.25, -0.2) is 0 Å². The average Bonchev–Trinajstić information content (AvgIpc) is 3.00. The number of hydrazine groups is 1. The maximum Gasteiger partial charge on any atom is 0.296 e. The number of nitrogens with two attached hydrogens (primary N) is 3. The number of fused-ring (bicyclic) bond motifs is 3. The molecule has 0 saturated heterocycles. The van der Waals surface area contributed by atoms with Gasteiger partial charge >= 0.3 is 0 Å². The molecular formula is C29H26N6O10S3. The van der Waals surface area contributed by atoms with E-state index in [4.69, 9.17) is 17.2 Å². The van der Waals surface area contributed by atoms with Crippen molar-refractivity contribution in [3.8, 4) is 5.75 Å². The molecule has 6 rings (SSSR count). The summed E-state index contributed by atoms with van der Waals surface area (Å²) in [6.07, 6.45) is 1.67. The number of phenols is 1. The number of aromatic hydroxyl groups is 1. The maximum atomic E-state index is 12.1. The molecule has 1 heterocycles. The van der Waals surface area contributed by atoms with Gasteiger partial charge in [0.15, 0.2) is 0 Å². The minimum atomic E-state index is -5.02. The maximum absolute atomic E-state index is 12.1. The average molecular weight is 715 g/mol. The summed E-state index contributed by atoms with van der Waals surface area (Å²) in [4.78, 5) is 2.08. The molecule has 48 heavy (non-hydrogen) atoms. The third kappa shape index (κ3) is 6.95. The molecule has 0 unspecified atom stereocenters. The molecule has 0 aliphatic carbocycles. The first-order valence-electron chi connectivity index (χ1n) is 13.3. The minimum absolute atomic E-state index is 0.122. The zero-order chi connectivity index (χ0) is 35.2. The van der Waals surface area contributed by atoms with Crippen LogP contribution in [0.15, 0.2) is 99.7 Å². The summed E-state index contributed by atoms with van der Waals surface area (Å²) < 4.78 is 99.0. The number of phenolic OH excluding ortho intramolecular Hbond substituents is 1. The quantitative estimate of drug-likeness (QED) is 0.0512. The predicted octanol–water partition coefficient (Wildman–Crippen LogP) is 3.86. The molecule has 19 heteroatoms. The van der Waals surface area contributed by atoms with Crippen molar-refractivity contribution in [3.05, 3.63) is 85.1 Å². The van der Waals surface area contributed by atoms with Crippen LogP contribution >= 0.6 is 0 Å². The molecule has 16 nitrogen and oxygen atoms in total. The first-order chi connectivity index (χ1) is 22.3. The largest absolute Gasteiger partial charge is 0.505 e. The highest BCUT2D eigenvalue weighted by atomic mass is 32.2. The van der Waals surface area contributed by atoms with Crippen molar-refractivity contribution in [2.45, 2.75) is 14.7 Å². The number of hydrogen-bond donors (Lipinski definition) is 9. The number of anilines is 5. The van der Waals surface area contributed by atoms with Gasteiger partial charge in [-0.3, -0.25) is 24.1 Å². The van der Waals surface area contributed by atoms with Crippen LogP contribution in [-0.2, 0) is 30.4 Å². The molecule has 1 aromatic heterocycles. The summed E-state index contributed by atoms with van der Waals surface area (Å²) in [7, 11) is -14.4. The molecule has 0 radical (unpaired) electrons. The van der Waals surface area contributed by atoms with E-state index in [2.05, 4.69) is 15.8 Å². The van der Waals surface area contributed by atoms with E-state index >= 15 is 0 Å². The smallest absolute Gasteiger partial charge is 0.296 e. The van der Waals surface area contributed by atoms with Gasteiger partial charge in [0.1, 0.15) is 21.2 Å². The lowest BCUT2D eigenvalue weighted by Crippen LogP contribution is -2.14. The highest BCUT2D eigenvalue weighted by Gasteiger charge is 2.25. The fraction of sp³-hybridized carbons (Fsp3) is 0. The molecule has 12 N–H and O–H groups in total. The summed E-state index contributed by atoms with van der Waals surface area (Å²) in [6, 6.07) is 18.9. The highest BCUT2D eigenvalue weighted by molar-refractivity contribution is 7.86. The van der Waals surface area contributed by atoms with Crippen molar-refractivity contribution in [1.82, 2.24) is 4.98 Å². The zero-order valence-electron chi connectivity index (χ0n) is 24.2. The fourth-order valence-electron chi connectivity index (χ4n) is 4.79. The van der Waals surface area contributed by atoms with Gasteiger partial charge in [0.05, 0.1) is 33.7 Å². The SMILES string of the molecule is Nc1cc2c(O)c(NNc3ccc(N)c4ccc(S(=O)(=O)O)cc34)c(S(=O)(=O)O)cc2cc1S(=O)(=O)O.Nc1cnc2ccccc2c1. The number of aromatic nitrogens is 1. The van der Waals surface area contributed by atoms with E-state index in [9.17, 15) is 44.0 Å². The molecular weight excluding hydrogens is 689 g/mol. The monoisotopic (exact) mass is 714 g/mol. The van der Waals surface area contributed by atoms with E-state index in [1.807, 2.05) is 30.3 Å². The number of nitrogens with zero attached hydrogens (tertiary/aromatic N) is 1. The Hall–Kier alpha value is -5.44. The van der Waals surface area contributed by atoms with Crippen LogP contribution in [0.3, 0.4) is 0 Å². The van der Waals surface area contributed by atoms with Gasteiger partial charge in [0.2, 0.25) is 0 Å². The Balaban J connectivity index is 0.000000343. The Kier molecular flexibility index (Phi) is 8.69. The standard InChI is InChI=1S/C20H18N4O10S3.C9H8N2/c21-14-3-4-16(13-7-10(35(26,27)28)1-2-11(13)14)23-24-19-18(37(32,33)34)6-9-5-17(36(29,30)31)15(22)8-12(9)20(19)25;10-8-5-7-3-1-2-4-9(7)11-6-8/h1-8,23-25H,21-22H2,(H,26,27,28)(H,29,30,31)(H,32,33,34);1-6H,10H2. The van der Waals surface area contributed by atoms with Crippen LogP contribution in [0.5, 0.6) is 5.75 Å². The van der Waals surface area contributed by atoms with E-state index < -0.39 is 62.2 Å². The van der Waals surface area contributed by atoms with Crippen LogP contribution in [0, 0.1) is 0 Å². The predicted molar refractivity (Wildman–Crippen MR) is 181 cm³/mol. The number of nitrogen functional groups attached to an aromatic ring is 3. The van der Waals surface area contributed by atoms with Crippen LogP contribution < -0.4 is 28.1 Å². The van der Waals surface area contributed by atoms with Crippen LogP contribution in [0.4, 0.5) is 28.4 Å². The van der Waals surface area contributed by atoms with Gasteiger partial charge in [-0.2, -0.15) is 25.3 Å². The second kappa shape index (κ2) is 12.3. The van der Waals surface area contributed by atoms with Gasteiger partial charge in [-0.1, -0.05) is 24.3 Å². The molecule has 0 aliphatic heterocycles. The molecule has 0 spiro atoms. The van der Waals surface area contributed by atoms with E-state index in [1.54, 1.807) is 6.20 Å². The minimum Gasteiger partial charge on any atom is -0.505 e. The second-order valence-electron chi connectivity index (χ2n) is 10.3. The van der Waals surface area contributed by atoms with E-state index in [0.717, 1.165) is 41.2 Å². The molecule has 0 bridgehead atoms. The van der Waals surface area contributed by atoms with Crippen LogP contribution in [0.2, 0.25) is 0 Å². The summed E-state index contributed by atoms with van der Waals surface area (Å²) in [5.74, 6) is -0.774. The lowest BCUT2D eigenvalue weighted by Gasteiger charge is -2.18. The van der Waals surface area contributed by atoms with Gasteiger partial charge in [0, 0.05) is 27.2 Å². The highest BCUT2D eigenvalue weighted by Crippen LogP contribution is 2.41.